The van der Waals surface area contributed by atoms with Crippen LogP contribution in [0.4, 0.5) is 26.3 Å². The van der Waals surface area contributed by atoms with Crippen LogP contribution in [0.2, 0.25) is 0 Å². The number of benzene rings is 4. The number of ether oxygens (including phenoxy) is 4. The maximum atomic E-state index is 12.8. The Morgan fingerprint density at radius 2 is 1.12 bits per heavy atom. The Kier molecular flexibility index (Phi) is 13.2. The van der Waals surface area contributed by atoms with E-state index in [2.05, 4.69) is 34.3 Å². The fourth-order valence-corrected chi connectivity index (χ4v) is 8.04. The van der Waals surface area contributed by atoms with Gasteiger partial charge in [0.15, 0.2) is 11.6 Å². The molecule has 0 amide bonds. The van der Waals surface area contributed by atoms with Crippen LogP contribution in [0.5, 0.6) is 23.0 Å². The average molecular weight is 943 g/mol. The third kappa shape index (κ3) is 10.5. The van der Waals surface area contributed by atoms with E-state index < -0.39 is 35.0 Å². The van der Waals surface area contributed by atoms with Crippen LogP contribution in [-0.2, 0) is 25.6 Å². The SMILES string of the molecule is COc1cc(OCc2sc(-c3ccc(C(F)(F)F)cc3)[n+]([O-])c2C)ccc1-c1noc(=O)[nH]1.COc1cc(OCc2sc(-c3ccc(C(F)(F)F)cc3)nc2C)ccc1-c1noc(=O)[nH]1. The van der Waals surface area contributed by atoms with Crippen LogP contribution in [0.25, 0.3) is 43.9 Å². The van der Waals surface area contributed by atoms with Gasteiger partial charge >= 0.3 is 23.9 Å². The van der Waals surface area contributed by atoms with E-state index in [1.807, 2.05) is 6.92 Å². The molecule has 0 aliphatic carbocycles. The summed E-state index contributed by atoms with van der Waals surface area (Å²) >= 11 is 2.48. The van der Waals surface area contributed by atoms with E-state index in [-0.39, 0.29) is 29.9 Å². The normalized spacial score (nSPS) is 11.5. The number of alkyl halides is 6. The number of aromatic nitrogens is 6. The number of aryl methyl sites for hydroxylation is 1. The minimum atomic E-state index is -4.45. The Morgan fingerprint density at radius 3 is 1.55 bits per heavy atom. The predicted molar refractivity (Wildman–Crippen MR) is 223 cm³/mol. The zero-order valence-electron chi connectivity index (χ0n) is 34.0. The monoisotopic (exact) mass is 942 g/mol. The van der Waals surface area contributed by atoms with Crippen LogP contribution < -0.4 is 35.2 Å². The molecule has 0 aliphatic rings. The molecule has 4 aromatic heterocycles. The Bertz CT molecular complexity index is 3040. The molecule has 0 fully saturated rings. The zero-order valence-corrected chi connectivity index (χ0v) is 35.7. The molecule has 8 rings (SSSR count). The molecule has 0 atom stereocenters. The quantitative estimate of drug-likeness (QED) is 0.0670. The van der Waals surface area contributed by atoms with Crippen LogP contribution in [-0.4, -0.2) is 39.5 Å². The summed E-state index contributed by atoms with van der Waals surface area (Å²) in [5.74, 6) is 0.817. The van der Waals surface area contributed by atoms with E-state index in [9.17, 15) is 41.1 Å². The summed E-state index contributed by atoms with van der Waals surface area (Å²) in [5, 5.41) is 20.7. The largest absolute Gasteiger partial charge is 0.617 e. The van der Waals surface area contributed by atoms with Crippen molar-refractivity contribution in [1.29, 1.82) is 0 Å². The molecular formula is C42H32F6N6O9S2. The second kappa shape index (κ2) is 18.8. The number of rotatable bonds is 12. The summed E-state index contributed by atoms with van der Waals surface area (Å²) in [4.78, 5) is 33.2. The fraction of sp³-hybridized carbons (Fsp3) is 0.190. The van der Waals surface area contributed by atoms with E-state index in [0.29, 0.717) is 65.6 Å². The van der Waals surface area contributed by atoms with Crippen molar-refractivity contribution in [3.63, 3.8) is 0 Å². The van der Waals surface area contributed by atoms with Crippen molar-refractivity contribution < 1.29 is 59.1 Å². The standard InChI is InChI=1S/C21H16F3N3O5S.C21H16F3N3O4S/c1-11-17(33-19(27(11)29)12-3-5-13(6-4-12)21(22,23)24)10-31-14-7-8-15(16(9-14)30-2)18-25-20(28)32-26-18;1-11-17(32-19(25-11)12-3-5-13(6-4-12)21(22,23)24)10-30-14-7-8-15(16(9-14)29-2)18-26-20(28)31-27-18/h3-9H,10H2,1-2H3,(H,25,26,28);3-9H,10H2,1-2H3,(H,26,27,28). The molecular weight excluding hydrogens is 911 g/mol. The van der Waals surface area contributed by atoms with Gasteiger partial charge in [0.25, 0.3) is 5.01 Å². The Labute approximate surface area is 370 Å². The molecule has 4 aromatic carbocycles. The molecule has 23 heteroatoms. The molecule has 0 spiro atoms. The van der Waals surface area contributed by atoms with Gasteiger partial charge in [-0.25, -0.2) is 14.6 Å². The van der Waals surface area contributed by atoms with Crippen LogP contribution in [0.15, 0.2) is 104 Å². The summed E-state index contributed by atoms with van der Waals surface area (Å²) in [6, 6.07) is 19.2. The van der Waals surface area contributed by atoms with Crippen molar-refractivity contribution in [1.82, 2.24) is 25.3 Å². The lowest BCUT2D eigenvalue weighted by Gasteiger charge is -2.10. The zero-order chi connectivity index (χ0) is 46.6. The number of hydrogen-bond acceptors (Lipinski definition) is 14. The second-order valence-electron chi connectivity index (χ2n) is 13.6. The van der Waals surface area contributed by atoms with Crippen LogP contribution in [0.1, 0.15) is 32.3 Å². The molecule has 15 nitrogen and oxygen atoms in total. The first-order chi connectivity index (χ1) is 30.9. The number of halogens is 6. The topological polar surface area (TPSA) is 195 Å². The first kappa shape index (κ1) is 45.6. The smallest absolute Gasteiger partial charge is 0.439 e. The minimum Gasteiger partial charge on any atom is -0.617 e. The van der Waals surface area contributed by atoms with Gasteiger partial charge < -0.3 is 24.2 Å². The van der Waals surface area contributed by atoms with Crippen molar-refractivity contribution in [2.24, 2.45) is 0 Å². The Balaban J connectivity index is 0.000000194. The van der Waals surface area contributed by atoms with Crippen molar-refractivity contribution in [3.8, 4) is 66.9 Å². The summed E-state index contributed by atoms with van der Waals surface area (Å²) in [5.41, 5.74) is 1.63. The molecule has 65 heavy (non-hydrogen) atoms. The number of H-pyrrole nitrogens is 2. The number of hydrogen-bond donors (Lipinski definition) is 2. The highest BCUT2D eigenvalue weighted by Crippen LogP contribution is 2.37. The summed E-state index contributed by atoms with van der Waals surface area (Å²) < 4.78 is 109. The lowest BCUT2D eigenvalue weighted by atomic mass is 10.1. The van der Waals surface area contributed by atoms with E-state index in [1.165, 1.54) is 49.8 Å². The fourth-order valence-electron chi connectivity index (χ4n) is 6.00. The maximum absolute atomic E-state index is 12.8. The van der Waals surface area contributed by atoms with Gasteiger partial charge in [0.05, 0.1) is 52.6 Å². The molecule has 0 aliphatic heterocycles. The second-order valence-corrected chi connectivity index (χ2v) is 15.7. The average Bonchev–Trinajstić information content (AvgIpc) is 4.08. The van der Waals surface area contributed by atoms with E-state index in [1.54, 1.807) is 43.3 Å². The Hall–Kier alpha value is -7.40. The number of aromatic amines is 2. The van der Waals surface area contributed by atoms with Gasteiger partial charge in [-0.1, -0.05) is 33.8 Å². The highest BCUT2D eigenvalue weighted by Gasteiger charge is 2.32. The number of nitrogens with one attached hydrogen (secondary N) is 2. The molecule has 8 aromatic rings. The highest BCUT2D eigenvalue weighted by molar-refractivity contribution is 7.15. The van der Waals surface area contributed by atoms with Crippen LogP contribution in [0, 0.1) is 19.1 Å². The van der Waals surface area contributed by atoms with Crippen molar-refractivity contribution in [2.75, 3.05) is 14.2 Å². The highest BCUT2D eigenvalue weighted by atomic mass is 32.1. The summed E-state index contributed by atoms with van der Waals surface area (Å²) in [6.45, 7) is 3.70. The first-order valence-corrected chi connectivity index (χ1v) is 20.3. The van der Waals surface area contributed by atoms with Crippen molar-refractivity contribution in [2.45, 2.75) is 39.4 Å². The van der Waals surface area contributed by atoms with Gasteiger partial charge in [0, 0.05) is 24.6 Å². The van der Waals surface area contributed by atoms with Crippen LogP contribution in [0.3, 0.4) is 0 Å². The maximum Gasteiger partial charge on any atom is 0.439 e. The molecule has 0 bridgehead atoms. The van der Waals surface area contributed by atoms with Crippen molar-refractivity contribution >= 4 is 22.7 Å². The summed E-state index contributed by atoms with van der Waals surface area (Å²) in [7, 11) is 2.92. The first-order valence-electron chi connectivity index (χ1n) is 18.7. The van der Waals surface area contributed by atoms with E-state index in [4.69, 9.17) is 18.9 Å². The van der Waals surface area contributed by atoms with E-state index in [0.717, 1.165) is 46.2 Å². The third-order valence-electron chi connectivity index (χ3n) is 9.40. The third-order valence-corrected chi connectivity index (χ3v) is 11.8. The minimum absolute atomic E-state index is 0.0582. The molecule has 2 N–H and O–H groups in total. The molecule has 0 saturated carbocycles. The molecule has 338 valence electrons. The van der Waals surface area contributed by atoms with Gasteiger partial charge in [0.1, 0.15) is 46.1 Å². The lowest BCUT2D eigenvalue weighted by molar-refractivity contribution is -0.596. The lowest BCUT2D eigenvalue weighted by Crippen LogP contribution is -2.29. The van der Waals surface area contributed by atoms with Gasteiger partial charge in [-0.2, -0.15) is 31.1 Å². The number of thiazole rings is 2. The van der Waals surface area contributed by atoms with Gasteiger partial charge in [-0.15, -0.1) is 11.3 Å². The van der Waals surface area contributed by atoms with Gasteiger partial charge in [-0.3, -0.25) is 19.0 Å². The van der Waals surface area contributed by atoms with Crippen LogP contribution >= 0.6 is 22.7 Å². The summed E-state index contributed by atoms with van der Waals surface area (Å²) in [6.07, 6.45) is -8.83. The van der Waals surface area contributed by atoms with Gasteiger partial charge in [0.2, 0.25) is 5.69 Å². The number of nitrogens with zero attached hydrogens (tertiary/aromatic N) is 4. The van der Waals surface area contributed by atoms with Crippen molar-refractivity contribution in [3.05, 3.63) is 144 Å². The molecule has 0 unspecified atom stereocenters. The van der Waals surface area contributed by atoms with Gasteiger partial charge in [-0.05, 0) is 67.6 Å². The molecule has 0 radical (unpaired) electrons. The number of methoxy groups -OCH3 is 2. The predicted octanol–water partition coefficient (Wildman–Crippen LogP) is 9.37. The molecule has 0 saturated heterocycles. The Morgan fingerprint density at radius 1 is 0.662 bits per heavy atom. The molecule has 4 heterocycles. The van der Waals surface area contributed by atoms with E-state index >= 15 is 0 Å².